The lowest BCUT2D eigenvalue weighted by Crippen LogP contribution is -2.54. The van der Waals surface area contributed by atoms with Crippen molar-refractivity contribution in [2.45, 2.75) is 19.1 Å². The van der Waals surface area contributed by atoms with Crippen molar-refractivity contribution in [3.63, 3.8) is 0 Å². The van der Waals surface area contributed by atoms with Crippen molar-refractivity contribution >= 4 is 17.5 Å². The van der Waals surface area contributed by atoms with Gasteiger partial charge in [-0.25, -0.2) is 9.97 Å². The number of hydrogen-bond acceptors (Lipinski definition) is 5. The van der Waals surface area contributed by atoms with Crippen LogP contribution in [0.15, 0.2) is 6.07 Å². The first kappa shape index (κ1) is 14.4. The van der Waals surface area contributed by atoms with Crippen molar-refractivity contribution in [1.29, 1.82) is 0 Å². The van der Waals surface area contributed by atoms with Crippen molar-refractivity contribution in [2.24, 2.45) is 0 Å². The number of amides is 1. The molecule has 0 bridgehead atoms. The van der Waals surface area contributed by atoms with E-state index in [1.165, 1.54) is 18.0 Å². The molecule has 0 aromatic carbocycles. The standard InChI is InChI=1S/C11H14F3N5O/c1-6-9(20)16-3-4-19(6)8-5-7(15-2)17-10(18-8)11(12,13)14/h5-6H,3-4H2,1-2H3,(H,16,20)(H,15,17,18). The van der Waals surface area contributed by atoms with Crippen molar-refractivity contribution in [2.75, 3.05) is 30.4 Å². The van der Waals surface area contributed by atoms with Gasteiger partial charge in [0.25, 0.3) is 0 Å². The Morgan fingerprint density at radius 1 is 1.45 bits per heavy atom. The van der Waals surface area contributed by atoms with Gasteiger partial charge in [-0.2, -0.15) is 13.2 Å². The monoisotopic (exact) mass is 289 g/mol. The number of carbonyl (C=O) groups excluding carboxylic acids is 1. The number of carbonyl (C=O) groups is 1. The minimum absolute atomic E-state index is 0.0560. The fraction of sp³-hybridized carbons (Fsp3) is 0.545. The van der Waals surface area contributed by atoms with Gasteiger partial charge in [0.05, 0.1) is 0 Å². The van der Waals surface area contributed by atoms with Gasteiger partial charge in [-0.15, -0.1) is 0 Å². The predicted octanol–water partition coefficient (Wildman–Crippen LogP) is 0.862. The second-order valence-corrected chi connectivity index (χ2v) is 4.34. The molecule has 1 saturated heterocycles. The normalized spacial score (nSPS) is 19.8. The number of anilines is 2. The molecule has 2 rings (SSSR count). The Balaban J connectivity index is 2.42. The summed E-state index contributed by atoms with van der Waals surface area (Å²) < 4.78 is 38.3. The highest BCUT2D eigenvalue weighted by Crippen LogP contribution is 2.29. The molecule has 1 atom stereocenters. The first-order valence-electron chi connectivity index (χ1n) is 6.01. The van der Waals surface area contributed by atoms with Gasteiger partial charge < -0.3 is 15.5 Å². The predicted molar refractivity (Wildman–Crippen MR) is 66.4 cm³/mol. The van der Waals surface area contributed by atoms with Crippen molar-refractivity contribution in [3.05, 3.63) is 11.9 Å². The quantitative estimate of drug-likeness (QED) is 0.845. The Hall–Kier alpha value is -2.06. The second-order valence-electron chi connectivity index (χ2n) is 4.34. The molecule has 1 aliphatic heterocycles. The Labute approximate surface area is 113 Å². The molecule has 2 N–H and O–H groups in total. The summed E-state index contributed by atoms with van der Waals surface area (Å²) in [5.74, 6) is -1.33. The maximum absolute atomic E-state index is 12.8. The van der Waals surface area contributed by atoms with Gasteiger partial charge in [-0.3, -0.25) is 4.79 Å². The Bertz CT molecular complexity index is 519. The summed E-state index contributed by atoms with van der Waals surface area (Å²) in [6, 6.07) is 0.814. The second kappa shape index (κ2) is 5.14. The first-order valence-corrected chi connectivity index (χ1v) is 6.01. The van der Waals surface area contributed by atoms with Crippen LogP contribution in [0.2, 0.25) is 0 Å². The van der Waals surface area contributed by atoms with Crippen LogP contribution < -0.4 is 15.5 Å². The smallest absolute Gasteiger partial charge is 0.373 e. The van der Waals surface area contributed by atoms with Gasteiger partial charge >= 0.3 is 6.18 Å². The van der Waals surface area contributed by atoms with Crippen molar-refractivity contribution < 1.29 is 18.0 Å². The number of nitrogens with zero attached hydrogens (tertiary/aromatic N) is 3. The van der Waals surface area contributed by atoms with E-state index in [1.54, 1.807) is 6.92 Å². The van der Waals surface area contributed by atoms with Crippen LogP contribution in [0.1, 0.15) is 12.7 Å². The van der Waals surface area contributed by atoms with Crippen LogP contribution in [0.5, 0.6) is 0 Å². The first-order chi connectivity index (χ1) is 9.32. The molecule has 1 aromatic rings. The zero-order chi connectivity index (χ0) is 14.9. The number of alkyl halides is 3. The van der Waals surface area contributed by atoms with Crippen LogP contribution in [-0.2, 0) is 11.0 Å². The molecule has 0 aliphatic carbocycles. The van der Waals surface area contributed by atoms with Gasteiger partial charge in [0, 0.05) is 26.2 Å². The largest absolute Gasteiger partial charge is 0.451 e. The summed E-state index contributed by atoms with van der Waals surface area (Å²) in [5.41, 5.74) is 0. The topological polar surface area (TPSA) is 70.2 Å². The fourth-order valence-corrected chi connectivity index (χ4v) is 1.93. The van der Waals surface area contributed by atoms with Crippen LogP contribution in [0.25, 0.3) is 0 Å². The van der Waals surface area contributed by atoms with E-state index in [-0.39, 0.29) is 17.5 Å². The highest BCUT2D eigenvalue weighted by atomic mass is 19.4. The summed E-state index contributed by atoms with van der Waals surface area (Å²) in [6.45, 7) is 2.37. The van der Waals surface area contributed by atoms with Crippen LogP contribution in [0.4, 0.5) is 24.8 Å². The Morgan fingerprint density at radius 3 is 2.75 bits per heavy atom. The van der Waals surface area contributed by atoms with Gasteiger partial charge in [-0.05, 0) is 6.92 Å². The summed E-state index contributed by atoms with van der Waals surface area (Å²) in [7, 11) is 1.47. The number of rotatable bonds is 2. The van der Waals surface area contributed by atoms with Crippen molar-refractivity contribution in [1.82, 2.24) is 15.3 Å². The molecular weight excluding hydrogens is 275 g/mol. The average Bonchev–Trinajstić information content (AvgIpc) is 2.40. The molecular formula is C11H14F3N5O. The van der Waals surface area contributed by atoms with Gasteiger partial charge in [-0.1, -0.05) is 0 Å². The van der Waals surface area contributed by atoms with Crippen molar-refractivity contribution in [3.8, 4) is 0 Å². The molecule has 20 heavy (non-hydrogen) atoms. The van der Waals surface area contributed by atoms with E-state index in [4.69, 9.17) is 0 Å². The molecule has 0 spiro atoms. The lowest BCUT2D eigenvalue weighted by molar-refractivity contribution is -0.144. The zero-order valence-electron chi connectivity index (χ0n) is 11.0. The third-order valence-electron chi connectivity index (χ3n) is 3.02. The molecule has 0 saturated carbocycles. The third-order valence-corrected chi connectivity index (χ3v) is 3.02. The van der Waals surface area contributed by atoms with E-state index in [0.29, 0.717) is 13.1 Å². The molecule has 1 amide bonds. The van der Waals surface area contributed by atoms with Gasteiger partial charge in [0.1, 0.15) is 17.7 Å². The van der Waals surface area contributed by atoms with E-state index in [0.717, 1.165) is 0 Å². The number of hydrogen-bond donors (Lipinski definition) is 2. The van der Waals surface area contributed by atoms with Crippen LogP contribution in [0, 0.1) is 0 Å². The highest BCUT2D eigenvalue weighted by Gasteiger charge is 2.36. The average molecular weight is 289 g/mol. The summed E-state index contributed by atoms with van der Waals surface area (Å²) in [6.07, 6.45) is -4.64. The number of nitrogens with one attached hydrogen (secondary N) is 2. The fourth-order valence-electron chi connectivity index (χ4n) is 1.93. The minimum Gasteiger partial charge on any atom is -0.373 e. The molecule has 2 heterocycles. The molecule has 1 aromatic heterocycles. The third kappa shape index (κ3) is 2.75. The zero-order valence-corrected chi connectivity index (χ0v) is 11.0. The highest BCUT2D eigenvalue weighted by molar-refractivity contribution is 5.85. The van der Waals surface area contributed by atoms with E-state index < -0.39 is 18.0 Å². The molecule has 110 valence electrons. The van der Waals surface area contributed by atoms with E-state index in [2.05, 4.69) is 20.6 Å². The van der Waals surface area contributed by atoms with Gasteiger partial charge in [0.2, 0.25) is 11.7 Å². The Morgan fingerprint density at radius 2 is 2.15 bits per heavy atom. The number of piperazine rings is 1. The van der Waals surface area contributed by atoms with Gasteiger partial charge in [0.15, 0.2) is 0 Å². The summed E-state index contributed by atoms with van der Waals surface area (Å²) >= 11 is 0. The number of aromatic nitrogens is 2. The molecule has 0 radical (unpaired) electrons. The lowest BCUT2D eigenvalue weighted by Gasteiger charge is -2.34. The van der Waals surface area contributed by atoms with Crippen LogP contribution >= 0.6 is 0 Å². The summed E-state index contributed by atoms with van der Waals surface area (Å²) in [5, 5.41) is 5.21. The molecule has 6 nitrogen and oxygen atoms in total. The van der Waals surface area contributed by atoms with E-state index >= 15 is 0 Å². The van der Waals surface area contributed by atoms with E-state index in [9.17, 15) is 18.0 Å². The maximum atomic E-state index is 12.8. The molecule has 1 unspecified atom stereocenters. The maximum Gasteiger partial charge on any atom is 0.451 e. The molecule has 9 heteroatoms. The number of halogens is 3. The molecule has 1 fully saturated rings. The Kier molecular flexibility index (Phi) is 3.69. The van der Waals surface area contributed by atoms with Crippen LogP contribution in [0.3, 0.4) is 0 Å². The van der Waals surface area contributed by atoms with E-state index in [1.807, 2.05) is 0 Å². The summed E-state index contributed by atoms with van der Waals surface area (Å²) in [4.78, 5) is 20.0. The minimum atomic E-state index is -4.64. The SMILES string of the molecule is CNc1cc(N2CCNC(=O)C2C)nc(C(F)(F)F)n1. The molecule has 1 aliphatic rings. The van der Waals surface area contributed by atoms with Crippen LogP contribution in [-0.4, -0.2) is 42.1 Å². The lowest BCUT2D eigenvalue weighted by atomic mass is 10.2.